The molecule has 0 spiro atoms. The Morgan fingerprint density at radius 2 is 2.24 bits per heavy atom. The van der Waals surface area contributed by atoms with Crippen molar-refractivity contribution in [1.82, 2.24) is 15.5 Å². The molecule has 17 heavy (non-hydrogen) atoms. The highest BCUT2D eigenvalue weighted by Crippen LogP contribution is 2.28. The summed E-state index contributed by atoms with van der Waals surface area (Å²) in [5.41, 5.74) is 0. The molecule has 1 heterocycles. The summed E-state index contributed by atoms with van der Waals surface area (Å²) in [5.74, 6) is 1.15. The molecule has 0 saturated heterocycles. The fourth-order valence-corrected chi connectivity index (χ4v) is 2.02. The maximum atomic E-state index is 9.22. The number of rotatable bonds is 6. The number of aromatic nitrogens is 2. The molecular weight excluding hydrogens is 220 g/mol. The Labute approximate surface area is 101 Å². The fraction of sp³-hybridized carbons (Fsp3) is 0.818. The average Bonchev–Trinajstić information content (AvgIpc) is 2.72. The molecular formula is C11H20N4O2. The second-order valence-electron chi connectivity index (χ2n) is 4.63. The van der Waals surface area contributed by atoms with Crippen LogP contribution >= 0.6 is 0 Å². The van der Waals surface area contributed by atoms with Crippen LogP contribution in [0.25, 0.3) is 0 Å². The van der Waals surface area contributed by atoms with Crippen LogP contribution in [0.1, 0.15) is 25.7 Å². The van der Waals surface area contributed by atoms with Gasteiger partial charge < -0.3 is 19.7 Å². The SMILES string of the molecule is CCNCc1nnc(N(C)CC2CC(O)C2)o1. The van der Waals surface area contributed by atoms with E-state index in [1.54, 1.807) is 0 Å². The van der Waals surface area contributed by atoms with Crippen LogP contribution in [0.4, 0.5) is 6.01 Å². The molecule has 96 valence electrons. The van der Waals surface area contributed by atoms with E-state index in [-0.39, 0.29) is 6.10 Å². The van der Waals surface area contributed by atoms with Gasteiger partial charge in [-0.2, -0.15) is 0 Å². The van der Waals surface area contributed by atoms with Gasteiger partial charge in [-0.15, -0.1) is 5.10 Å². The zero-order chi connectivity index (χ0) is 12.3. The highest BCUT2D eigenvalue weighted by atomic mass is 16.4. The molecule has 0 unspecified atom stereocenters. The number of hydrogen-bond acceptors (Lipinski definition) is 6. The van der Waals surface area contributed by atoms with Gasteiger partial charge in [0.2, 0.25) is 5.89 Å². The van der Waals surface area contributed by atoms with E-state index in [2.05, 4.69) is 15.5 Å². The van der Waals surface area contributed by atoms with E-state index in [1.807, 2.05) is 18.9 Å². The van der Waals surface area contributed by atoms with E-state index in [4.69, 9.17) is 4.42 Å². The first-order chi connectivity index (χ1) is 8.19. The molecule has 1 fully saturated rings. The molecule has 0 aromatic carbocycles. The Bertz CT molecular complexity index is 349. The van der Waals surface area contributed by atoms with Crippen molar-refractivity contribution in [2.45, 2.75) is 32.4 Å². The summed E-state index contributed by atoms with van der Waals surface area (Å²) in [5, 5.41) is 20.3. The van der Waals surface area contributed by atoms with Crippen LogP contribution in [0, 0.1) is 5.92 Å². The van der Waals surface area contributed by atoms with Crippen LogP contribution in [-0.2, 0) is 6.54 Å². The van der Waals surface area contributed by atoms with Gasteiger partial charge in [0.15, 0.2) is 0 Å². The molecule has 0 amide bonds. The van der Waals surface area contributed by atoms with Gasteiger partial charge >= 0.3 is 6.01 Å². The summed E-state index contributed by atoms with van der Waals surface area (Å²) in [6, 6.07) is 0.555. The van der Waals surface area contributed by atoms with E-state index in [0.29, 0.717) is 24.4 Å². The van der Waals surface area contributed by atoms with Crippen molar-refractivity contribution < 1.29 is 9.52 Å². The van der Waals surface area contributed by atoms with E-state index in [9.17, 15) is 5.11 Å². The van der Waals surface area contributed by atoms with Gasteiger partial charge in [-0.05, 0) is 25.3 Å². The molecule has 6 nitrogen and oxygen atoms in total. The van der Waals surface area contributed by atoms with Crippen molar-refractivity contribution in [3.8, 4) is 0 Å². The Balaban J connectivity index is 1.81. The minimum atomic E-state index is -0.111. The molecule has 0 aliphatic heterocycles. The summed E-state index contributed by atoms with van der Waals surface area (Å²) in [6.45, 7) is 4.39. The predicted molar refractivity (Wildman–Crippen MR) is 63.7 cm³/mol. The number of aliphatic hydroxyl groups is 1. The van der Waals surface area contributed by atoms with Crippen LogP contribution in [0.3, 0.4) is 0 Å². The van der Waals surface area contributed by atoms with Gasteiger partial charge in [-0.1, -0.05) is 12.0 Å². The molecule has 2 rings (SSSR count). The Morgan fingerprint density at radius 1 is 1.47 bits per heavy atom. The molecule has 1 aliphatic rings. The molecule has 1 aromatic rings. The van der Waals surface area contributed by atoms with Crippen LogP contribution in [0.15, 0.2) is 4.42 Å². The Morgan fingerprint density at radius 3 is 2.88 bits per heavy atom. The first-order valence-electron chi connectivity index (χ1n) is 6.11. The molecule has 1 aliphatic carbocycles. The maximum Gasteiger partial charge on any atom is 0.317 e. The third-order valence-corrected chi connectivity index (χ3v) is 3.05. The highest BCUT2D eigenvalue weighted by molar-refractivity contribution is 5.22. The van der Waals surface area contributed by atoms with Gasteiger partial charge in [-0.3, -0.25) is 0 Å². The lowest BCUT2D eigenvalue weighted by Crippen LogP contribution is -2.37. The second-order valence-corrected chi connectivity index (χ2v) is 4.63. The molecule has 0 atom stereocenters. The maximum absolute atomic E-state index is 9.22. The number of nitrogens with zero attached hydrogens (tertiary/aromatic N) is 3. The second kappa shape index (κ2) is 5.46. The van der Waals surface area contributed by atoms with Gasteiger partial charge in [0.1, 0.15) is 0 Å². The normalized spacial score (nSPS) is 23.5. The Hall–Kier alpha value is -1.14. The third kappa shape index (κ3) is 3.17. The van der Waals surface area contributed by atoms with Crippen molar-refractivity contribution in [3.05, 3.63) is 5.89 Å². The molecule has 0 radical (unpaired) electrons. The lowest BCUT2D eigenvalue weighted by Gasteiger charge is -2.33. The smallest absolute Gasteiger partial charge is 0.317 e. The molecule has 6 heteroatoms. The highest BCUT2D eigenvalue weighted by Gasteiger charge is 2.29. The van der Waals surface area contributed by atoms with Crippen molar-refractivity contribution >= 4 is 6.01 Å². The zero-order valence-corrected chi connectivity index (χ0v) is 10.4. The van der Waals surface area contributed by atoms with E-state index in [0.717, 1.165) is 25.9 Å². The molecule has 1 aromatic heterocycles. The lowest BCUT2D eigenvalue weighted by atomic mass is 9.82. The van der Waals surface area contributed by atoms with Crippen molar-refractivity contribution in [2.24, 2.45) is 5.92 Å². The topological polar surface area (TPSA) is 74.4 Å². The number of anilines is 1. The first kappa shape index (κ1) is 12.3. The van der Waals surface area contributed by atoms with E-state index >= 15 is 0 Å². The number of nitrogens with one attached hydrogen (secondary N) is 1. The van der Waals surface area contributed by atoms with Crippen LogP contribution in [0.2, 0.25) is 0 Å². The minimum Gasteiger partial charge on any atom is -0.407 e. The van der Waals surface area contributed by atoms with Crippen LogP contribution in [0.5, 0.6) is 0 Å². The van der Waals surface area contributed by atoms with Crippen LogP contribution < -0.4 is 10.2 Å². The van der Waals surface area contributed by atoms with Crippen molar-refractivity contribution in [2.75, 3.05) is 25.0 Å². The first-order valence-corrected chi connectivity index (χ1v) is 6.11. The molecule has 0 bridgehead atoms. The average molecular weight is 240 g/mol. The van der Waals surface area contributed by atoms with Gasteiger partial charge in [0, 0.05) is 13.6 Å². The van der Waals surface area contributed by atoms with Crippen molar-refractivity contribution in [3.63, 3.8) is 0 Å². The number of aliphatic hydroxyl groups excluding tert-OH is 1. The van der Waals surface area contributed by atoms with E-state index < -0.39 is 0 Å². The van der Waals surface area contributed by atoms with Crippen LogP contribution in [-0.4, -0.2) is 41.5 Å². The summed E-state index contributed by atoms with van der Waals surface area (Å²) in [7, 11) is 1.94. The monoisotopic (exact) mass is 240 g/mol. The van der Waals surface area contributed by atoms with Gasteiger partial charge in [0.25, 0.3) is 0 Å². The standard InChI is InChI=1S/C11H20N4O2/c1-3-12-6-10-13-14-11(17-10)15(2)7-8-4-9(16)5-8/h8-9,12,16H,3-7H2,1-2H3. The lowest BCUT2D eigenvalue weighted by molar-refractivity contribution is 0.0461. The van der Waals surface area contributed by atoms with Gasteiger partial charge in [-0.25, -0.2) is 0 Å². The summed E-state index contributed by atoms with van der Waals surface area (Å²) in [6.07, 6.45) is 1.64. The zero-order valence-electron chi connectivity index (χ0n) is 10.4. The Kier molecular flexibility index (Phi) is 3.96. The third-order valence-electron chi connectivity index (χ3n) is 3.05. The summed E-state index contributed by atoms with van der Waals surface area (Å²) >= 11 is 0. The number of hydrogen-bond donors (Lipinski definition) is 2. The fourth-order valence-electron chi connectivity index (χ4n) is 2.02. The quantitative estimate of drug-likeness (QED) is 0.749. The molecule has 2 N–H and O–H groups in total. The van der Waals surface area contributed by atoms with Crippen molar-refractivity contribution in [1.29, 1.82) is 0 Å². The predicted octanol–water partition coefficient (Wildman–Crippen LogP) is 0.386. The molecule has 1 saturated carbocycles. The minimum absolute atomic E-state index is 0.111. The summed E-state index contributed by atoms with van der Waals surface area (Å²) < 4.78 is 5.52. The summed E-state index contributed by atoms with van der Waals surface area (Å²) in [4.78, 5) is 1.96. The largest absolute Gasteiger partial charge is 0.407 e. The van der Waals surface area contributed by atoms with Gasteiger partial charge in [0.05, 0.1) is 12.6 Å². The van der Waals surface area contributed by atoms with E-state index in [1.165, 1.54) is 0 Å².